The van der Waals surface area contributed by atoms with Crippen LogP contribution in [0.25, 0.3) is 0 Å². The van der Waals surface area contributed by atoms with Crippen LogP contribution in [0, 0.1) is 5.95 Å². The van der Waals surface area contributed by atoms with Crippen LogP contribution in [0.15, 0.2) is 18.3 Å². The van der Waals surface area contributed by atoms with E-state index in [1.54, 1.807) is 6.07 Å². The third-order valence-electron chi connectivity index (χ3n) is 2.50. The van der Waals surface area contributed by atoms with Gasteiger partial charge in [-0.3, -0.25) is 0 Å². The first-order valence-electron chi connectivity index (χ1n) is 4.07. The quantitative estimate of drug-likeness (QED) is 0.576. The van der Waals surface area contributed by atoms with Gasteiger partial charge in [-0.05, 0) is 24.5 Å². The van der Waals surface area contributed by atoms with E-state index in [1.165, 1.54) is 12.3 Å². The molecule has 1 fully saturated rings. The molecule has 0 spiro atoms. The molecule has 2 rings (SSSR count). The van der Waals surface area contributed by atoms with Gasteiger partial charge >= 0.3 is 0 Å². The highest BCUT2D eigenvalue weighted by Crippen LogP contribution is 2.48. The number of thiocarbonyl (C=S) groups is 1. The minimum Gasteiger partial charge on any atom is -0.393 e. The van der Waals surface area contributed by atoms with Crippen molar-refractivity contribution in [3.05, 3.63) is 29.8 Å². The smallest absolute Gasteiger partial charge is 0.212 e. The van der Waals surface area contributed by atoms with Gasteiger partial charge in [-0.15, -0.1) is 0 Å². The van der Waals surface area contributed by atoms with E-state index in [2.05, 4.69) is 4.98 Å². The van der Waals surface area contributed by atoms with E-state index in [9.17, 15) is 4.39 Å². The van der Waals surface area contributed by atoms with Crippen molar-refractivity contribution in [3.63, 3.8) is 0 Å². The summed E-state index contributed by atoms with van der Waals surface area (Å²) in [6.07, 6.45) is 3.42. The molecule has 0 saturated heterocycles. The minimum absolute atomic E-state index is 0.184. The summed E-state index contributed by atoms with van der Waals surface area (Å²) < 4.78 is 12.5. The van der Waals surface area contributed by atoms with Crippen LogP contribution >= 0.6 is 12.2 Å². The van der Waals surface area contributed by atoms with Gasteiger partial charge in [-0.2, -0.15) is 4.39 Å². The lowest BCUT2D eigenvalue weighted by Gasteiger charge is -2.12. The summed E-state index contributed by atoms with van der Waals surface area (Å²) in [7, 11) is 0. The summed E-state index contributed by atoms with van der Waals surface area (Å²) in [4.78, 5) is 4.07. The molecule has 1 aliphatic rings. The van der Waals surface area contributed by atoms with Crippen LogP contribution in [0.5, 0.6) is 0 Å². The predicted octanol–water partition coefficient (Wildman–Crippen LogP) is 1.54. The fourth-order valence-corrected chi connectivity index (χ4v) is 1.78. The molecule has 1 aliphatic carbocycles. The van der Waals surface area contributed by atoms with Gasteiger partial charge in [0.1, 0.15) is 0 Å². The minimum atomic E-state index is -0.470. The maximum Gasteiger partial charge on any atom is 0.212 e. The molecule has 1 aromatic heterocycles. The highest BCUT2D eigenvalue weighted by molar-refractivity contribution is 7.80. The third-order valence-corrected chi connectivity index (χ3v) is 2.89. The number of hydrogen-bond donors (Lipinski definition) is 1. The van der Waals surface area contributed by atoms with Gasteiger partial charge in [-0.1, -0.05) is 18.3 Å². The lowest BCUT2D eigenvalue weighted by Crippen LogP contribution is -2.26. The fraction of sp³-hybridized carbons (Fsp3) is 0.333. The van der Waals surface area contributed by atoms with Crippen molar-refractivity contribution in [3.8, 4) is 0 Å². The second kappa shape index (κ2) is 2.73. The van der Waals surface area contributed by atoms with Crippen LogP contribution in [0.1, 0.15) is 18.4 Å². The molecular weight excluding hydrogens is 187 g/mol. The largest absolute Gasteiger partial charge is 0.393 e. The van der Waals surface area contributed by atoms with Crippen LogP contribution in [0.2, 0.25) is 0 Å². The molecule has 0 atom stereocenters. The third kappa shape index (κ3) is 1.31. The van der Waals surface area contributed by atoms with Gasteiger partial charge in [0.2, 0.25) is 5.95 Å². The van der Waals surface area contributed by atoms with Crippen LogP contribution in [0.3, 0.4) is 0 Å². The Bertz CT molecular complexity index is 343. The molecule has 0 radical (unpaired) electrons. The van der Waals surface area contributed by atoms with Crippen LogP contribution in [-0.4, -0.2) is 9.97 Å². The molecule has 0 aromatic carbocycles. The second-order valence-electron chi connectivity index (χ2n) is 3.32. The first-order valence-corrected chi connectivity index (χ1v) is 4.48. The number of hydrogen-bond acceptors (Lipinski definition) is 2. The van der Waals surface area contributed by atoms with Crippen molar-refractivity contribution in [2.45, 2.75) is 18.3 Å². The summed E-state index contributed by atoms with van der Waals surface area (Å²) in [6.45, 7) is 0. The van der Waals surface area contributed by atoms with Crippen molar-refractivity contribution in [1.82, 2.24) is 4.98 Å². The van der Waals surface area contributed by atoms with E-state index in [-0.39, 0.29) is 5.41 Å². The highest BCUT2D eigenvalue weighted by atomic mass is 32.1. The molecule has 1 aromatic rings. The zero-order chi connectivity index (χ0) is 9.47. The molecule has 2 nitrogen and oxygen atoms in total. The number of halogens is 1. The Balaban J connectivity index is 2.36. The molecule has 0 unspecified atom stereocenters. The predicted molar refractivity (Wildman–Crippen MR) is 51.9 cm³/mol. The number of nitrogens with two attached hydrogens (primary N) is 1. The van der Waals surface area contributed by atoms with E-state index in [4.69, 9.17) is 18.0 Å². The van der Waals surface area contributed by atoms with Crippen molar-refractivity contribution < 1.29 is 4.39 Å². The fourth-order valence-electron chi connectivity index (χ4n) is 1.46. The standard InChI is InChI=1S/C9H9FN2S/c10-7-2-1-6(5-12-7)9(3-4-9)8(11)13/h1-2,5H,3-4H2,(H2,11,13). The molecule has 0 bridgehead atoms. The maximum absolute atomic E-state index is 12.5. The molecule has 13 heavy (non-hydrogen) atoms. The maximum atomic E-state index is 12.5. The van der Waals surface area contributed by atoms with Crippen molar-refractivity contribution >= 4 is 17.2 Å². The first-order chi connectivity index (χ1) is 6.15. The molecule has 2 N–H and O–H groups in total. The molecule has 0 amide bonds. The van der Waals surface area contributed by atoms with E-state index in [1.807, 2.05) is 0 Å². The number of nitrogens with zero attached hydrogens (tertiary/aromatic N) is 1. The van der Waals surface area contributed by atoms with Crippen LogP contribution in [-0.2, 0) is 5.41 Å². The number of pyridine rings is 1. The van der Waals surface area contributed by atoms with Crippen LogP contribution in [0.4, 0.5) is 4.39 Å². The Kier molecular flexibility index (Phi) is 1.80. The van der Waals surface area contributed by atoms with E-state index in [0.29, 0.717) is 4.99 Å². The van der Waals surface area contributed by atoms with E-state index in [0.717, 1.165) is 18.4 Å². The number of aromatic nitrogens is 1. The first kappa shape index (κ1) is 8.56. The van der Waals surface area contributed by atoms with Crippen molar-refractivity contribution in [1.29, 1.82) is 0 Å². The Hall–Kier alpha value is -1.03. The molecule has 1 saturated carbocycles. The van der Waals surface area contributed by atoms with Crippen molar-refractivity contribution in [2.75, 3.05) is 0 Å². The molecule has 4 heteroatoms. The van der Waals surface area contributed by atoms with Gasteiger partial charge in [0.05, 0.1) is 4.99 Å². The zero-order valence-electron chi connectivity index (χ0n) is 6.96. The van der Waals surface area contributed by atoms with E-state index >= 15 is 0 Å². The number of rotatable bonds is 2. The SMILES string of the molecule is NC(=S)C1(c2ccc(F)nc2)CC1. The van der Waals surface area contributed by atoms with Gasteiger partial charge in [-0.25, -0.2) is 4.98 Å². The van der Waals surface area contributed by atoms with Gasteiger partial charge in [0.25, 0.3) is 0 Å². The summed E-state index contributed by atoms with van der Waals surface area (Å²) >= 11 is 4.97. The Morgan fingerprint density at radius 2 is 2.23 bits per heavy atom. The van der Waals surface area contributed by atoms with E-state index < -0.39 is 5.95 Å². The van der Waals surface area contributed by atoms with Gasteiger partial charge in [0.15, 0.2) is 0 Å². The second-order valence-corrected chi connectivity index (χ2v) is 3.76. The average Bonchev–Trinajstić information content (AvgIpc) is 2.86. The molecule has 0 aliphatic heterocycles. The van der Waals surface area contributed by atoms with Gasteiger partial charge in [0, 0.05) is 11.6 Å². The summed E-state index contributed by atoms with van der Waals surface area (Å²) in [6, 6.07) is 3.04. The lowest BCUT2D eigenvalue weighted by molar-refractivity contribution is 0.581. The summed E-state index contributed by atoms with van der Waals surface area (Å²) in [5.74, 6) is -0.470. The van der Waals surface area contributed by atoms with Crippen LogP contribution < -0.4 is 5.73 Å². The Labute approximate surface area is 81.0 Å². The Morgan fingerprint density at radius 3 is 2.62 bits per heavy atom. The molecule has 68 valence electrons. The zero-order valence-corrected chi connectivity index (χ0v) is 7.77. The summed E-state index contributed by atoms with van der Waals surface area (Å²) in [5.41, 5.74) is 6.36. The lowest BCUT2D eigenvalue weighted by atomic mass is 9.98. The Morgan fingerprint density at radius 1 is 1.54 bits per heavy atom. The van der Waals surface area contributed by atoms with Crippen molar-refractivity contribution in [2.24, 2.45) is 5.73 Å². The molecular formula is C9H9FN2S. The molecule has 1 heterocycles. The average molecular weight is 196 g/mol. The monoisotopic (exact) mass is 196 g/mol. The highest BCUT2D eigenvalue weighted by Gasteiger charge is 2.47. The summed E-state index contributed by atoms with van der Waals surface area (Å²) in [5, 5.41) is 0. The van der Waals surface area contributed by atoms with Gasteiger partial charge < -0.3 is 5.73 Å². The normalized spacial score (nSPS) is 18.2. The topological polar surface area (TPSA) is 38.9 Å².